The number of aromatic nitrogens is 2. The van der Waals surface area contributed by atoms with E-state index in [0.29, 0.717) is 6.54 Å². The highest BCUT2D eigenvalue weighted by molar-refractivity contribution is 5.76. The van der Waals surface area contributed by atoms with Gasteiger partial charge < -0.3 is 9.40 Å². The number of para-hydroxylation sites is 2. The molecule has 0 radical (unpaired) electrons. The summed E-state index contributed by atoms with van der Waals surface area (Å²) in [6.07, 6.45) is 2.15. The van der Waals surface area contributed by atoms with Crippen molar-refractivity contribution in [3.63, 3.8) is 0 Å². The molecule has 0 atom stereocenters. The average molecular weight is 262 g/mol. The normalized spacial score (nSPS) is 10.8. The number of imidazole rings is 1. The van der Waals surface area contributed by atoms with E-state index in [0.717, 1.165) is 29.7 Å². The van der Waals surface area contributed by atoms with Crippen molar-refractivity contribution in [1.82, 2.24) is 15.1 Å². The molecule has 6 heteroatoms. The number of fused-ring (bicyclic) bond motifs is 1. The number of nitrogens with one attached hydrogen (secondary N) is 1. The molecule has 0 bridgehead atoms. The monoisotopic (exact) mass is 262 g/mol. The fourth-order valence-corrected chi connectivity index (χ4v) is 2.11. The van der Waals surface area contributed by atoms with Gasteiger partial charge in [0.15, 0.2) is 0 Å². The first-order chi connectivity index (χ1) is 9.26. The van der Waals surface area contributed by atoms with E-state index in [2.05, 4.69) is 21.3 Å². The first kappa shape index (κ1) is 13.5. The molecule has 6 nitrogen and oxygen atoms in total. The first-order valence-electron chi connectivity index (χ1n) is 6.35. The fourth-order valence-electron chi connectivity index (χ4n) is 2.11. The highest BCUT2D eigenvalue weighted by Crippen LogP contribution is 2.17. The van der Waals surface area contributed by atoms with Crippen molar-refractivity contribution in [2.24, 2.45) is 5.84 Å². The van der Waals surface area contributed by atoms with E-state index < -0.39 is 0 Å². The number of rotatable bonds is 6. The lowest BCUT2D eigenvalue weighted by atomic mass is 10.3. The maximum Gasteiger partial charge on any atom is 0.328 e. The van der Waals surface area contributed by atoms with Gasteiger partial charge in [0, 0.05) is 13.0 Å². The Morgan fingerprint density at radius 2 is 2.26 bits per heavy atom. The molecule has 0 aliphatic heterocycles. The molecule has 3 N–H and O–H groups in total. The van der Waals surface area contributed by atoms with Crippen LogP contribution >= 0.6 is 0 Å². The zero-order valence-corrected chi connectivity index (χ0v) is 10.9. The van der Waals surface area contributed by atoms with Gasteiger partial charge in [-0.05, 0) is 18.6 Å². The van der Waals surface area contributed by atoms with Crippen LogP contribution < -0.4 is 11.4 Å². The zero-order chi connectivity index (χ0) is 13.7. The minimum Gasteiger partial charge on any atom is -0.356 e. The molecular formula is C13H18N4O2. The molecule has 0 aliphatic carbocycles. The van der Waals surface area contributed by atoms with Crippen LogP contribution in [0.4, 0.5) is 0 Å². The summed E-state index contributed by atoms with van der Waals surface area (Å²) in [4.78, 5) is 20.4. The predicted octanol–water partition coefficient (Wildman–Crippen LogP) is 1.30. The molecule has 0 amide bonds. The lowest BCUT2D eigenvalue weighted by molar-refractivity contribution is -0.151. The largest absolute Gasteiger partial charge is 0.356 e. The minimum absolute atomic E-state index is 0.251. The Kier molecular flexibility index (Phi) is 4.48. The zero-order valence-electron chi connectivity index (χ0n) is 10.9. The number of benzene rings is 1. The van der Waals surface area contributed by atoms with E-state index in [1.54, 1.807) is 0 Å². The van der Waals surface area contributed by atoms with Crippen LogP contribution in [-0.2, 0) is 22.6 Å². The van der Waals surface area contributed by atoms with Crippen LogP contribution in [0.2, 0.25) is 0 Å². The second-order valence-electron chi connectivity index (χ2n) is 4.26. The van der Waals surface area contributed by atoms with E-state index in [1.165, 1.54) is 0 Å². The molecule has 102 valence electrons. The van der Waals surface area contributed by atoms with Gasteiger partial charge in [-0.15, -0.1) is 0 Å². The molecule has 2 aromatic rings. The van der Waals surface area contributed by atoms with Crippen LogP contribution in [0.1, 0.15) is 25.6 Å². The van der Waals surface area contributed by atoms with Gasteiger partial charge in [-0.2, -0.15) is 0 Å². The Morgan fingerprint density at radius 3 is 3.00 bits per heavy atom. The number of carbonyl (C=O) groups is 1. The number of nitrogens with two attached hydrogens (primary N) is 1. The summed E-state index contributed by atoms with van der Waals surface area (Å²) in [5, 5.41) is 0. The fraction of sp³-hybridized carbons (Fsp3) is 0.385. The topological polar surface area (TPSA) is 82.2 Å². The maximum atomic E-state index is 11.3. The number of carbonyl (C=O) groups excluding carboxylic acids is 1. The van der Waals surface area contributed by atoms with Crippen LogP contribution in [0.25, 0.3) is 11.0 Å². The van der Waals surface area contributed by atoms with Gasteiger partial charge in [0.2, 0.25) is 0 Å². The molecule has 1 aromatic heterocycles. The third-order valence-electron chi connectivity index (χ3n) is 2.92. The van der Waals surface area contributed by atoms with Gasteiger partial charge in [-0.25, -0.2) is 10.8 Å². The van der Waals surface area contributed by atoms with E-state index >= 15 is 0 Å². The third-order valence-corrected chi connectivity index (χ3v) is 2.92. The van der Waals surface area contributed by atoms with Gasteiger partial charge in [0.1, 0.15) is 5.82 Å². The summed E-state index contributed by atoms with van der Waals surface area (Å²) < 4.78 is 2.07. The minimum atomic E-state index is -0.386. The van der Waals surface area contributed by atoms with Crippen molar-refractivity contribution >= 4 is 17.0 Å². The van der Waals surface area contributed by atoms with E-state index in [-0.39, 0.29) is 12.4 Å². The van der Waals surface area contributed by atoms with E-state index in [4.69, 9.17) is 5.84 Å². The molecule has 0 fully saturated rings. The summed E-state index contributed by atoms with van der Waals surface area (Å²) in [6.45, 7) is 2.65. The second kappa shape index (κ2) is 6.31. The number of hydrogen-bond donors (Lipinski definition) is 2. The summed E-state index contributed by atoms with van der Waals surface area (Å²) >= 11 is 0. The molecule has 1 aromatic carbocycles. The van der Waals surface area contributed by atoms with Crippen LogP contribution in [0.5, 0.6) is 0 Å². The van der Waals surface area contributed by atoms with Gasteiger partial charge in [0.05, 0.1) is 17.5 Å². The molecule has 0 saturated carbocycles. The summed E-state index contributed by atoms with van der Waals surface area (Å²) in [6, 6.07) is 7.91. The summed E-state index contributed by atoms with van der Waals surface area (Å²) in [7, 11) is 0. The molecule has 0 unspecified atom stereocenters. The summed E-state index contributed by atoms with van der Waals surface area (Å²) in [5.41, 5.74) is 3.90. The smallest absolute Gasteiger partial charge is 0.328 e. The molecule has 19 heavy (non-hydrogen) atoms. The van der Waals surface area contributed by atoms with Crippen molar-refractivity contribution in [3.05, 3.63) is 30.1 Å². The number of hydrogen-bond acceptors (Lipinski definition) is 5. The SMILES string of the molecule is CCCc1nc2ccccc2n1CCC(=O)ONN. The molecule has 0 aliphatic rings. The number of aryl methyl sites for hydroxylation is 2. The lowest BCUT2D eigenvalue weighted by Gasteiger charge is -2.08. The Labute approximate surface area is 111 Å². The van der Waals surface area contributed by atoms with Crippen LogP contribution in [0, 0.1) is 0 Å². The Balaban J connectivity index is 2.23. The van der Waals surface area contributed by atoms with Crippen molar-refractivity contribution in [3.8, 4) is 0 Å². The summed E-state index contributed by atoms with van der Waals surface area (Å²) in [5.74, 6) is 5.55. The van der Waals surface area contributed by atoms with E-state index in [9.17, 15) is 4.79 Å². The molecule has 0 saturated heterocycles. The molecule has 1 heterocycles. The predicted molar refractivity (Wildman–Crippen MR) is 71.8 cm³/mol. The highest BCUT2D eigenvalue weighted by atomic mass is 16.7. The highest BCUT2D eigenvalue weighted by Gasteiger charge is 2.11. The Hall–Kier alpha value is -1.92. The lowest BCUT2D eigenvalue weighted by Crippen LogP contribution is -2.26. The third kappa shape index (κ3) is 3.10. The van der Waals surface area contributed by atoms with Crippen molar-refractivity contribution in [2.75, 3.05) is 0 Å². The molecular weight excluding hydrogens is 244 g/mol. The Morgan fingerprint density at radius 1 is 1.47 bits per heavy atom. The Bertz CT molecular complexity index is 565. The van der Waals surface area contributed by atoms with Crippen LogP contribution in [-0.4, -0.2) is 15.5 Å². The average Bonchev–Trinajstić information content (AvgIpc) is 2.75. The maximum absolute atomic E-state index is 11.3. The first-order valence-corrected chi connectivity index (χ1v) is 6.35. The van der Waals surface area contributed by atoms with Crippen molar-refractivity contribution in [1.29, 1.82) is 0 Å². The van der Waals surface area contributed by atoms with Crippen LogP contribution in [0.15, 0.2) is 24.3 Å². The van der Waals surface area contributed by atoms with Gasteiger partial charge in [-0.1, -0.05) is 24.6 Å². The van der Waals surface area contributed by atoms with Crippen molar-refractivity contribution < 1.29 is 9.63 Å². The van der Waals surface area contributed by atoms with Crippen LogP contribution in [0.3, 0.4) is 0 Å². The van der Waals surface area contributed by atoms with Crippen molar-refractivity contribution in [2.45, 2.75) is 32.7 Å². The number of hydrazine groups is 1. The second-order valence-corrected chi connectivity index (χ2v) is 4.26. The van der Waals surface area contributed by atoms with Gasteiger partial charge in [0.25, 0.3) is 0 Å². The van der Waals surface area contributed by atoms with Gasteiger partial charge in [-0.3, -0.25) is 4.79 Å². The number of nitrogens with zero attached hydrogens (tertiary/aromatic N) is 2. The van der Waals surface area contributed by atoms with E-state index in [1.807, 2.05) is 29.9 Å². The molecule has 2 rings (SSSR count). The molecule has 0 spiro atoms. The standard InChI is InChI=1S/C13H18N4O2/c1-2-5-12-15-10-6-3-4-7-11(10)17(12)9-8-13(18)19-16-14/h3-4,6-7,16H,2,5,8-9,14H2,1H3. The van der Waals surface area contributed by atoms with Gasteiger partial charge >= 0.3 is 5.97 Å². The quantitative estimate of drug-likeness (QED) is 0.605.